The Hall–Kier alpha value is -1.92. The molecule has 6 nitrogen and oxygen atoms in total. The van der Waals surface area contributed by atoms with Gasteiger partial charge in [-0.15, -0.1) is 0 Å². The summed E-state index contributed by atoms with van der Waals surface area (Å²) in [4.78, 5) is 28.7. The Morgan fingerprint density at radius 1 is 1.28 bits per heavy atom. The Balaban J connectivity index is 1.99. The van der Waals surface area contributed by atoms with Crippen molar-refractivity contribution in [1.82, 2.24) is 9.80 Å². The van der Waals surface area contributed by atoms with Crippen molar-refractivity contribution in [2.75, 3.05) is 38.1 Å². The van der Waals surface area contributed by atoms with Crippen molar-refractivity contribution in [2.45, 2.75) is 39.8 Å². The number of carbonyl (C=O) groups is 2. The first-order valence-electron chi connectivity index (χ1n) is 8.99. The lowest BCUT2D eigenvalue weighted by Gasteiger charge is -2.36. The predicted octanol–water partition coefficient (Wildman–Crippen LogP) is 2.22. The van der Waals surface area contributed by atoms with Crippen molar-refractivity contribution in [1.29, 1.82) is 0 Å². The quantitative estimate of drug-likeness (QED) is 0.857. The first kappa shape index (κ1) is 19.4. The number of anilines is 1. The smallest absolute Gasteiger partial charge is 0.253 e. The van der Waals surface area contributed by atoms with E-state index >= 15 is 0 Å². The fourth-order valence-electron chi connectivity index (χ4n) is 3.00. The normalized spacial score (nSPS) is 21.0. The van der Waals surface area contributed by atoms with Crippen molar-refractivity contribution < 1.29 is 14.3 Å². The van der Waals surface area contributed by atoms with E-state index in [1.165, 1.54) is 0 Å². The minimum atomic E-state index is -0.0756. The lowest BCUT2D eigenvalue weighted by atomic mass is 10.1. The third-order valence-electron chi connectivity index (χ3n) is 4.53. The fraction of sp³-hybridized carbons (Fsp3) is 0.579. The third-order valence-corrected chi connectivity index (χ3v) is 4.53. The van der Waals surface area contributed by atoms with E-state index in [0.29, 0.717) is 37.5 Å². The molecule has 2 unspecified atom stereocenters. The van der Waals surface area contributed by atoms with Crippen LogP contribution in [0.1, 0.15) is 38.1 Å². The van der Waals surface area contributed by atoms with Gasteiger partial charge in [-0.05, 0) is 45.9 Å². The van der Waals surface area contributed by atoms with Gasteiger partial charge in [-0.2, -0.15) is 0 Å². The van der Waals surface area contributed by atoms with Crippen molar-refractivity contribution in [2.24, 2.45) is 0 Å². The van der Waals surface area contributed by atoms with Crippen LogP contribution in [0.3, 0.4) is 0 Å². The summed E-state index contributed by atoms with van der Waals surface area (Å²) in [6.45, 7) is 11.0. The average Bonchev–Trinajstić information content (AvgIpc) is 2.59. The number of hydrogen-bond donors (Lipinski definition) is 1. The van der Waals surface area contributed by atoms with Crippen LogP contribution in [-0.2, 0) is 9.53 Å². The van der Waals surface area contributed by atoms with Crippen molar-refractivity contribution in [3.63, 3.8) is 0 Å². The topological polar surface area (TPSA) is 61.9 Å². The van der Waals surface area contributed by atoms with Gasteiger partial charge < -0.3 is 15.0 Å². The molecule has 0 saturated carbocycles. The van der Waals surface area contributed by atoms with Crippen LogP contribution in [0.15, 0.2) is 24.3 Å². The van der Waals surface area contributed by atoms with E-state index in [2.05, 4.69) is 17.1 Å². The Bertz CT molecular complexity index is 601. The SMILES string of the molecule is CCN(CC)C(=O)c1cccc(NC(=O)CN2CC(C)OCC2C)c1. The summed E-state index contributed by atoms with van der Waals surface area (Å²) in [5.41, 5.74) is 1.24. The second-order valence-electron chi connectivity index (χ2n) is 6.53. The van der Waals surface area contributed by atoms with Gasteiger partial charge in [-0.1, -0.05) is 6.07 Å². The maximum absolute atomic E-state index is 12.4. The van der Waals surface area contributed by atoms with Gasteiger partial charge in [0.05, 0.1) is 19.3 Å². The van der Waals surface area contributed by atoms with Crippen LogP contribution in [0.2, 0.25) is 0 Å². The number of ether oxygens (including phenoxy) is 1. The van der Waals surface area contributed by atoms with Crippen LogP contribution in [0.25, 0.3) is 0 Å². The molecule has 1 fully saturated rings. The van der Waals surface area contributed by atoms with Gasteiger partial charge in [0.15, 0.2) is 0 Å². The summed E-state index contributed by atoms with van der Waals surface area (Å²) in [5.74, 6) is -0.0925. The molecule has 1 aromatic rings. The number of amides is 2. The third kappa shape index (κ3) is 5.28. The first-order chi connectivity index (χ1) is 11.9. The number of benzene rings is 1. The molecule has 138 valence electrons. The molecule has 2 atom stereocenters. The van der Waals surface area contributed by atoms with Gasteiger partial charge in [0.25, 0.3) is 5.91 Å². The lowest BCUT2D eigenvalue weighted by Crippen LogP contribution is -2.50. The maximum Gasteiger partial charge on any atom is 0.253 e. The number of nitrogens with one attached hydrogen (secondary N) is 1. The molecule has 2 amide bonds. The Morgan fingerprint density at radius 3 is 2.68 bits per heavy atom. The number of hydrogen-bond acceptors (Lipinski definition) is 4. The highest BCUT2D eigenvalue weighted by Crippen LogP contribution is 2.14. The highest BCUT2D eigenvalue weighted by atomic mass is 16.5. The van der Waals surface area contributed by atoms with E-state index in [1.54, 1.807) is 23.1 Å². The van der Waals surface area contributed by atoms with E-state index < -0.39 is 0 Å². The highest BCUT2D eigenvalue weighted by molar-refractivity contribution is 5.97. The zero-order valence-electron chi connectivity index (χ0n) is 15.6. The minimum absolute atomic E-state index is 0.0169. The average molecular weight is 347 g/mol. The molecule has 1 saturated heterocycles. The summed E-state index contributed by atoms with van der Waals surface area (Å²) in [5, 5.41) is 2.90. The number of carbonyl (C=O) groups excluding carboxylic acids is 2. The lowest BCUT2D eigenvalue weighted by molar-refractivity contribution is -0.121. The molecular formula is C19H29N3O3. The Labute approximate surface area is 150 Å². The van der Waals surface area contributed by atoms with Crippen molar-refractivity contribution in [3.05, 3.63) is 29.8 Å². The predicted molar refractivity (Wildman–Crippen MR) is 98.8 cm³/mol. The number of nitrogens with zero attached hydrogens (tertiary/aromatic N) is 2. The van der Waals surface area contributed by atoms with Gasteiger partial charge in [-0.25, -0.2) is 0 Å². The zero-order chi connectivity index (χ0) is 18.4. The molecule has 1 aliphatic heterocycles. The molecule has 1 aliphatic rings. The largest absolute Gasteiger partial charge is 0.376 e. The number of morpholine rings is 1. The molecule has 1 aromatic carbocycles. The van der Waals surface area contributed by atoms with E-state index in [1.807, 2.05) is 26.8 Å². The van der Waals surface area contributed by atoms with Gasteiger partial charge in [-0.3, -0.25) is 14.5 Å². The summed E-state index contributed by atoms with van der Waals surface area (Å²) in [6.07, 6.45) is 0.138. The molecule has 0 bridgehead atoms. The van der Waals surface area contributed by atoms with Crippen LogP contribution in [0.4, 0.5) is 5.69 Å². The molecule has 0 aliphatic carbocycles. The van der Waals surface area contributed by atoms with Crippen LogP contribution in [0.5, 0.6) is 0 Å². The summed E-state index contributed by atoms with van der Waals surface area (Å²) in [6, 6.07) is 7.34. The van der Waals surface area contributed by atoms with E-state index in [4.69, 9.17) is 4.74 Å². The minimum Gasteiger partial charge on any atom is -0.376 e. The van der Waals surface area contributed by atoms with Gasteiger partial charge in [0, 0.05) is 36.9 Å². The van der Waals surface area contributed by atoms with Crippen LogP contribution in [-0.4, -0.2) is 66.5 Å². The van der Waals surface area contributed by atoms with Crippen LogP contribution < -0.4 is 5.32 Å². The molecule has 1 N–H and O–H groups in total. The van der Waals surface area contributed by atoms with Crippen LogP contribution in [0, 0.1) is 0 Å². The van der Waals surface area contributed by atoms with Crippen molar-refractivity contribution in [3.8, 4) is 0 Å². The maximum atomic E-state index is 12.4. The second-order valence-corrected chi connectivity index (χ2v) is 6.53. The van der Waals surface area contributed by atoms with E-state index in [-0.39, 0.29) is 24.0 Å². The summed E-state index contributed by atoms with van der Waals surface area (Å²) in [7, 11) is 0. The van der Waals surface area contributed by atoms with E-state index in [0.717, 1.165) is 6.54 Å². The zero-order valence-corrected chi connectivity index (χ0v) is 15.6. The second kappa shape index (κ2) is 8.97. The molecule has 25 heavy (non-hydrogen) atoms. The molecule has 2 rings (SSSR count). The van der Waals surface area contributed by atoms with Crippen LogP contribution >= 0.6 is 0 Å². The molecule has 1 heterocycles. The van der Waals surface area contributed by atoms with Gasteiger partial charge in [0.2, 0.25) is 5.91 Å². The highest BCUT2D eigenvalue weighted by Gasteiger charge is 2.25. The monoisotopic (exact) mass is 347 g/mol. The molecule has 6 heteroatoms. The molecule has 0 aromatic heterocycles. The summed E-state index contributed by atoms with van der Waals surface area (Å²) < 4.78 is 5.59. The van der Waals surface area contributed by atoms with Gasteiger partial charge in [0.1, 0.15) is 0 Å². The molecule has 0 spiro atoms. The molecule has 0 radical (unpaired) electrons. The Kier molecular flexibility index (Phi) is 6.96. The standard InChI is InChI=1S/C19H29N3O3/c1-5-21(6-2)19(24)16-8-7-9-17(10-16)20-18(23)12-22-11-15(4)25-13-14(22)3/h7-10,14-15H,5-6,11-13H2,1-4H3,(H,20,23). The first-order valence-corrected chi connectivity index (χ1v) is 8.99. The van der Waals surface area contributed by atoms with E-state index in [9.17, 15) is 9.59 Å². The van der Waals surface area contributed by atoms with Crippen molar-refractivity contribution >= 4 is 17.5 Å². The molecular weight excluding hydrogens is 318 g/mol. The Morgan fingerprint density at radius 2 is 2.00 bits per heavy atom. The van der Waals surface area contributed by atoms with Gasteiger partial charge >= 0.3 is 0 Å². The summed E-state index contributed by atoms with van der Waals surface area (Å²) >= 11 is 0. The fourth-order valence-corrected chi connectivity index (χ4v) is 3.00. The number of rotatable bonds is 6.